The highest BCUT2D eigenvalue weighted by Gasteiger charge is 2.17. The summed E-state index contributed by atoms with van der Waals surface area (Å²) in [5.41, 5.74) is 3.96. The number of aromatic nitrogens is 4. The largest absolute Gasteiger partial charge is 0.493 e. The summed E-state index contributed by atoms with van der Waals surface area (Å²) >= 11 is 0. The van der Waals surface area contributed by atoms with E-state index in [9.17, 15) is 4.79 Å². The second-order valence-corrected chi connectivity index (χ2v) is 8.09. The van der Waals surface area contributed by atoms with Crippen LogP contribution in [-0.4, -0.2) is 44.0 Å². The SMILES string of the molecule is CCCOc1ccc2ccccc2c1CN(C)C(=O)CCc1c(C)nc2ncnn2c1C. The fraction of sp³-hybridized carbons (Fsp3) is 0.360. The van der Waals surface area contributed by atoms with Gasteiger partial charge in [-0.3, -0.25) is 4.79 Å². The summed E-state index contributed by atoms with van der Waals surface area (Å²) in [4.78, 5) is 23.5. The molecular formula is C25H29N5O2. The van der Waals surface area contributed by atoms with Crippen molar-refractivity contribution in [1.82, 2.24) is 24.5 Å². The number of benzene rings is 2. The minimum atomic E-state index is 0.0804. The molecule has 2 aromatic carbocycles. The summed E-state index contributed by atoms with van der Waals surface area (Å²) < 4.78 is 7.73. The van der Waals surface area contributed by atoms with Crippen molar-refractivity contribution >= 4 is 22.5 Å². The Hall–Kier alpha value is -3.48. The summed E-state index contributed by atoms with van der Waals surface area (Å²) in [6, 6.07) is 12.3. The molecule has 1 amide bonds. The summed E-state index contributed by atoms with van der Waals surface area (Å²) in [5, 5.41) is 6.50. The lowest BCUT2D eigenvalue weighted by Gasteiger charge is -2.21. The molecule has 0 fully saturated rings. The van der Waals surface area contributed by atoms with Crippen molar-refractivity contribution in [3.8, 4) is 5.75 Å². The molecule has 0 radical (unpaired) electrons. The van der Waals surface area contributed by atoms with Crippen LogP contribution in [0.4, 0.5) is 0 Å². The minimum Gasteiger partial charge on any atom is -0.493 e. The Kier molecular flexibility index (Phi) is 6.35. The van der Waals surface area contributed by atoms with Crippen LogP contribution in [0.15, 0.2) is 42.7 Å². The third-order valence-corrected chi connectivity index (χ3v) is 5.86. The maximum Gasteiger partial charge on any atom is 0.252 e. The third kappa shape index (κ3) is 4.28. The zero-order valence-corrected chi connectivity index (χ0v) is 19.1. The van der Waals surface area contributed by atoms with Crippen molar-refractivity contribution < 1.29 is 9.53 Å². The molecule has 0 bridgehead atoms. The van der Waals surface area contributed by atoms with Crippen molar-refractivity contribution in [2.24, 2.45) is 0 Å². The first-order valence-electron chi connectivity index (χ1n) is 11.0. The molecule has 166 valence electrons. The van der Waals surface area contributed by atoms with Crippen LogP contribution in [0, 0.1) is 13.8 Å². The fourth-order valence-electron chi connectivity index (χ4n) is 4.09. The van der Waals surface area contributed by atoms with E-state index in [1.54, 1.807) is 9.42 Å². The van der Waals surface area contributed by atoms with E-state index in [0.29, 0.717) is 31.8 Å². The van der Waals surface area contributed by atoms with Crippen LogP contribution < -0.4 is 4.74 Å². The van der Waals surface area contributed by atoms with Crippen LogP contribution >= 0.6 is 0 Å². The van der Waals surface area contributed by atoms with Gasteiger partial charge in [-0.15, -0.1) is 0 Å². The van der Waals surface area contributed by atoms with Crippen LogP contribution in [0.25, 0.3) is 16.6 Å². The first-order chi connectivity index (χ1) is 15.5. The fourth-order valence-corrected chi connectivity index (χ4v) is 4.09. The lowest BCUT2D eigenvalue weighted by Crippen LogP contribution is -2.27. The van der Waals surface area contributed by atoms with Gasteiger partial charge in [0.2, 0.25) is 5.91 Å². The Bertz CT molecular complexity index is 1260. The van der Waals surface area contributed by atoms with E-state index in [1.807, 2.05) is 39.1 Å². The van der Waals surface area contributed by atoms with Crippen molar-refractivity contribution in [3.05, 3.63) is 65.2 Å². The Morgan fingerprint density at radius 1 is 1.12 bits per heavy atom. The molecule has 0 unspecified atom stereocenters. The number of aryl methyl sites for hydroxylation is 2. The maximum atomic E-state index is 13.0. The molecule has 0 aliphatic heterocycles. The van der Waals surface area contributed by atoms with Gasteiger partial charge < -0.3 is 9.64 Å². The topological polar surface area (TPSA) is 72.6 Å². The monoisotopic (exact) mass is 431 g/mol. The quantitative estimate of drug-likeness (QED) is 0.416. The number of hydrogen-bond acceptors (Lipinski definition) is 5. The molecule has 7 nitrogen and oxygen atoms in total. The van der Waals surface area contributed by atoms with E-state index in [1.165, 1.54) is 6.33 Å². The van der Waals surface area contributed by atoms with Gasteiger partial charge >= 0.3 is 0 Å². The molecule has 0 spiro atoms. The molecule has 4 rings (SSSR count). The maximum absolute atomic E-state index is 13.0. The average molecular weight is 432 g/mol. The first-order valence-corrected chi connectivity index (χ1v) is 11.0. The molecular weight excluding hydrogens is 402 g/mol. The predicted molar refractivity (Wildman–Crippen MR) is 125 cm³/mol. The van der Waals surface area contributed by atoms with Crippen molar-refractivity contribution in [3.63, 3.8) is 0 Å². The molecule has 32 heavy (non-hydrogen) atoms. The van der Waals surface area contributed by atoms with Gasteiger partial charge in [0.1, 0.15) is 12.1 Å². The van der Waals surface area contributed by atoms with Gasteiger partial charge in [0.15, 0.2) is 0 Å². The Labute approximate surface area is 188 Å². The van der Waals surface area contributed by atoms with Crippen LogP contribution in [0.3, 0.4) is 0 Å². The number of carbonyl (C=O) groups is 1. The number of nitrogens with zero attached hydrogens (tertiary/aromatic N) is 5. The van der Waals surface area contributed by atoms with E-state index in [4.69, 9.17) is 4.74 Å². The number of carbonyl (C=O) groups excluding carboxylic acids is 1. The number of amides is 1. The summed E-state index contributed by atoms with van der Waals surface area (Å²) in [7, 11) is 1.85. The highest BCUT2D eigenvalue weighted by atomic mass is 16.5. The Morgan fingerprint density at radius 3 is 2.75 bits per heavy atom. The molecule has 0 saturated heterocycles. The zero-order valence-electron chi connectivity index (χ0n) is 19.1. The molecule has 0 atom stereocenters. The number of ether oxygens (including phenoxy) is 1. The van der Waals surface area contributed by atoms with Crippen molar-refractivity contribution in [1.29, 1.82) is 0 Å². The molecule has 7 heteroatoms. The van der Waals surface area contributed by atoms with Crippen LogP contribution in [0.2, 0.25) is 0 Å². The molecule has 0 saturated carbocycles. The second-order valence-electron chi connectivity index (χ2n) is 8.09. The molecule has 0 aliphatic rings. The summed E-state index contributed by atoms with van der Waals surface area (Å²) in [5.74, 6) is 1.51. The van der Waals surface area contributed by atoms with Gasteiger partial charge in [0.05, 0.1) is 6.61 Å². The van der Waals surface area contributed by atoms with E-state index < -0.39 is 0 Å². The minimum absolute atomic E-state index is 0.0804. The van der Waals surface area contributed by atoms with Gasteiger partial charge in [-0.2, -0.15) is 10.1 Å². The highest BCUT2D eigenvalue weighted by molar-refractivity contribution is 5.88. The second kappa shape index (κ2) is 9.34. The van der Waals surface area contributed by atoms with Gasteiger partial charge in [0.25, 0.3) is 5.78 Å². The Morgan fingerprint density at radius 2 is 1.94 bits per heavy atom. The number of fused-ring (bicyclic) bond motifs is 2. The summed E-state index contributed by atoms with van der Waals surface area (Å²) in [6.45, 7) is 7.19. The van der Waals surface area contributed by atoms with Crippen LogP contribution in [-0.2, 0) is 17.8 Å². The zero-order chi connectivity index (χ0) is 22.7. The van der Waals surface area contributed by atoms with E-state index in [0.717, 1.165) is 45.5 Å². The van der Waals surface area contributed by atoms with E-state index in [-0.39, 0.29) is 5.91 Å². The summed E-state index contributed by atoms with van der Waals surface area (Å²) in [6.07, 6.45) is 3.44. The van der Waals surface area contributed by atoms with Gasteiger partial charge in [-0.1, -0.05) is 37.3 Å². The lowest BCUT2D eigenvalue weighted by molar-refractivity contribution is -0.130. The van der Waals surface area contributed by atoms with Crippen molar-refractivity contribution in [2.75, 3.05) is 13.7 Å². The van der Waals surface area contributed by atoms with E-state index in [2.05, 4.69) is 40.2 Å². The molecule has 0 N–H and O–H groups in total. The molecule has 2 aromatic heterocycles. The Balaban J connectivity index is 1.52. The molecule has 2 heterocycles. The van der Waals surface area contributed by atoms with E-state index >= 15 is 0 Å². The normalized spacial score (nSPS) is 11.2. The van der Waals surface area contributed by atoms with Crippen LogP contribution in [0.5, 0.6) is 5.75 Å². The highest BCUT2D eigenvalue weighted by Crippen LogP contribution is 2.29. The lowest BCUT2D eigenvalue weighted by atomic mass is 10.0. The van der Waals surface area contributed by atoms with Crippen LogP contribution in [0.1, 0.15) is 42.3 Å². The van der Waals surface area contributed by atoms with Gasteiger partial charge in [0, 0.05) is 37.0 Å². The van der Waals surface area contributed by atoms with Gasteiger partial charge in [-0.05, 0) is 49.1 Å². The smallest absolute Gasteiger partial charge is 0.252 e. The first kappa shape index (κ1) is 21.7. The van der Waals surface area contributed by atoms with Gasteiger partial charge in [-0.25, -0.2) is 9.50 Å². The molecule has 4 aromatic rings. The molecule has 0 aliphatic carbocycles. The number of rotatable bonds is 8. The average Bonchev–Trinajstić information content (AvgIpc) is 3.26. The standard InChI is InChI=1S/C25H29N5O2/c1-5-14-32-23-12-10-19-8-6-7-9-21(19)22(23)15-29(4)24(31)13-11-20-17(2)28-25-26-16-27-30(25)18(20)3/h6-10,12,16H,5,11,13-15H2,1-4H3. The number of hydrogen-bond donors (Lipinski definition) is 0. The third-order valence-electron chi connectivity index (χ3n) is 5.86. The van der Waals surface area contributed by atoms with Crippen molar-refractivity contribution in [2.45, 2.75) is 46.6 Å². The predicted octanol–water partition coefficient (Wildman–Crippen LogP) is 4.27.